The summed E-state index contributed by atoms with van der Waals surface area (Å²) in [6.45, 7) is 5.27. The number of benzene rings is 2. The number of halogens is 1. The Labute approximate surface area is 232 Å². The summed E-state index contributed by atoms with van der Waals surface area (Å²) < 4.78 is 12.9. The van der Waals surface area contributed by atoms with Crippen molar-refractivity contribution in [3.05, 3.63) is 60.5 Å². The minimum absolute atomic E-state index is 0.293. The molecular formula is C27H33ClN8O3. The van der Waals surface area contributed by atoms with Crippen LogP contribution in [0.1, 0.15) is 0 Å². The molecule has 2 aromatic carbocycles. The monoisotopic (exact) mass is 552 g/mol. The Balaban J connectivity index is 1.73. The van der Waals surface area contributed by atoms with Crippen LogP contribution < -0.4 is 25.0 Å². The molecule has 2 aromatic heterocycles. The van der Waals surface area contributed by atoms with Gasteiger partial charge in [-0.1, -0.05) is 18.2 Å². The van der Waals surface area contributed by atoms with Crippen molar-refractivity contribution in [2.45, 2.75) is 6.23 Å². The highest BCUT2D eigenvalue weighted by Crippen LogP contribution is 2.38. The lowest BCUT2D eigenvalue weighted by Crippen LogP contribution is -2.29. The van der Waals surface area contributed by atoms with E-state index >= 15 is 0 Å². The fraction of sp³-hybridized carbons (Fsp3) is 0.296. The molecule has 0 aliphatic rings. The van der Waals surface area contributed by atoms with E-state index in [2.05, 4.69) is 42.0 Å². The molecule has 4 rings (SSSR count). The van der Waals surface area contributed by atoms with Gasteiger partial charge in [0.1, 0.15) is 29.1 Å². The van der Waals surface area contributed by atoms with Crippen LogP contribution in [0.25, 0.3) is 16.9 Å². The van der Waals surface area contributed by atoms with E-state index in [-0.39, 0.29) is 0 Å². The van der Waals surface area contributed by atoms with Gasteiger partial charge in [-0.3, -0.25) is 4.57 Å². The Hall–Kier alpha value is -4.06. The number of ether oxygens (including phenoxy) is 2. The van der Waals surface area contributed by atoms with Crippen LogP contribution in [0.15, 0.2) is 55.5 Å². The number of aliphatic hydroxyl groups is 1. The van der Waals surface area contributed by atoms with Crippen molar-refractivity contribution in [1.29, 1.82) is 0 Å². The van der Waals surface area contributed by atoms with Crippen LogP contribution in [-0.4, -0.2) is 84.2 Å². The van der Waals surface area contributed by atoms with Crippen LogP contribution in [0.3, 0.4) is 0 Å². The Bertz CT molecular complexity index is 1460. The summed E-state index contributed by atoms with van der Waals surface area (Å²) in [4.78, 5) is 17.7. The van der Waals surface area contributed by atoms with Crippen molar-refractivity contribution in [3.63, 3.8) is 0 Å². The first-order valence-electron chi connectivity index (χ1n) is 12.2. The minimum Gasteiger partial charge on any atom is -0.497 e. The maximum atomic E-state index is 10.3. The zero-order chi connectivity index (χ0) is 28.1. The molecule has 0 spiro atoms. The van der Waals surface area contributed by atoms with E-state index in [9.17, 15) is 5.11 Å². The van der Waals surface area contributed by atoms with Gasteiger partial charge < -0.3 is 35.0 Å². The summed E-state index contributed by atoms with van der Waals surface area (Å²) >= 11 is 6.52. The molecular weight excluding hydrogens is 520 g/mol. The van der Waals surface area contributed by atoms with Gasteiger partial charge in [-0.05, 0) is 38.4 Å². The molecule has 39 heavy (non-hydrogen) atoms. The second-order valence-electron chi connectivity index (χ2n) is 9.08. The third-order valence-corrected chi connectivity index (χ3v) is 6.36. The number of imidazole rings is 1. The molecule has 0 saturated carbocycles. The van der Waals surface area contributed by atoms with Gasteiger partial charge in [0.25, 0.3) is 0 Å². The molecule has 0 fully saturated rings. The van der Waals surface area contributed by atoms with Crippen LogP contribution in [0.4, 0.5) is 23.0 Å². The van der Waals surface area contributed by atoms with Crippen LogP contribution >= 0.6 is 11.6 Å². The fourth-order valence-corrected chi connectivity index (χ4v) is 4.13. The molecule has 0 bridgehead atoms. The van der Waals surface area contributed by atoms with Crippen molar-refractivity contribution in [2.24, 2.45) is 0 Å². The number of fused-ring (bicyclic) bond motifs is 1. The van der Waals surface area contributed by atoms with Gasteiger partial charge in [0, 0.05) is 32.3 Å². The van der Waals surface area contributed by atoms with Crippen molar-refractivity contribution < 1.29 is 14.6 Å². The normalized spacial score (nSPS) is 11.9. The number of aliphatic hydroxyl groups excluding tert-OH is 1. The standard InChI is InChI=1S/C27H33ClN8O3/c1-7-25(37)31-20-13-21(24(39-6)14-22(20)35(4)11-10-34(2)3)32-27-29-15-18(28)26(33-27)36-16-30-19-9-8-17(38-5)12-23(19)36/h7-9,12-16,25,31,37H,1,10-11H2,2-6H3,(H,29,32,33). The molecule has 0 saturated heterocycles. The van der Waals surface area contributed by atoms with Gasteiger partial charge >= 0.3 is 0 Å². The molecule has 2 heterocycles. The van der Waals surface area contributed by atoms with Gasteiger partial charge in [-0.25, -0.2) is 9.97 Å². The maximum Gasteiger partial charge on any atom is 0.229 e. The Kier molecular flexibility index (Phi) is 8.75. The Morgan fingerprint density at radius 2 is 1.90 bits per heavy atom. The van der Waals surface area contributed by atoms with Crippen LogP contribution in [0.5, 0.6) is 11.5 Å². The lowest BCUT2D eigenvalue weighted by Gasteiger charge is -2.27. The van der Waals surface area contributed by atoms with E-state index in [0.29, 0.717) is 39.7 Å². The second kappa shape index (κ2) is 12.2. The number of likely N-dealkylation sites (N-methyl/N-ethyl adjacent to an activating group) is 2. The Morgan fingerprint density at radius 3 is 2.59 bits per heavy atom. The highest BCUT2D eigenvalue weighted by molar-refractivity contribution is 6.32. The van der Waals surface area contributed by atoms with Crippen LogP contribution in [0.2, 0.25) is 5.02 Å². The molecule has 1 unspecified atom stereocenters. The molecule has 12 heteroatoms. The molecule has 11 nitrogen and oxygen atoms in total. The molecule has 206 valence electrons. The number of nitrogens with zero attached hydrogens (tertiary/aromatic N) is 6. The number of nitrogens with one attached hydrogen (secondary N) is 2. The average molecular weight is 553 g/mol. The summed E-state index contributed by atoms with van der Waals surface area (Å²) in [6, 6.07) is 9.31. The van der Waals surface area contributed by atoms with E-state index in [1.165, 1.54) is 12.3 Å². The summed E-state index contributed by atoms with van der Waals surface area (Å²) in [6.07, 6.45) is 3.64. The van der Waals surface area contributed by atoms with Gasteiger partial charge in [0.05, 0.1) is 48.5 Å². The average Bonchev–Trinajstić information content (AvgIpc) is 3.35. The number of anilines is 4. The molecule has 0 aliphatic heterocycles. The zero-order valence-electron chi connectivity index (χ0n) is 22.6. The first kappa shape index (κ1) is 28.0. The molecule has 1 atom stereocenters. The summed E-state index contributed by atoms with van der Waals surface area (Å²) in [5.41, 5.74) is 3.66. The molecule has 0 aliphatic carbocycles. The minimum atomic E-state index is -0.947. The van der Waals surface area contributed by atoms with Gasteiger partial charge in [0.15, 0.2) is 5.82 Å². The number of rotatable bonds is 12. The van der Waals surface area contributed by atoms with E-state index in [1.54, 1.807) is 25.1 Å². The molecule has 3 N–H and O–H groups in total. The quantitative estimate of drug-likeness (QED) is 0.175. The van der Waals surface area contributed by atoms with Gasteiger partial charge in [-0.2, -0.15) is 4.98 Å². The zero-order valence-corrected chi connectivity index (χ0v) is 23.4. The molecule has 0 radical (unpaired) electrons. The topological polar surface area (TPSA) is 113 Å². The molecule has 0 amide bonds. The molecule has 4 aromatic rings. The van der Waals surface area contributed by atoms with Crippen molar-refractivity contribution in [2.75, 3.05) is 64.0 Å². The van der Waals surface area contributed by atoms with E-state index in [1.807, 2.05) is 51.5 Å². The van der Waals surface area contributed by atoms with E-state index in [4.69, 9.17) is 21.1 Å². The largest absolute Gasteiger partial charge is 0.497 e. The van der Waals surface area contributed by atoms with Crippen molar-refractivity contribution in [1.82, 2.24) is 24.4 Å². The number of hydrogen-bond donors (Lipinski definition) is 3. The third-order valence-electron chi connectivity index (χ3n) is 6.09. The first-order valence-corrected chi connectivity index (χ1v) is 12.6. The number of aromatic nitrogens is 4. The first-order chi connectivity index (χ1) is 18.7. The van der Waals surface area contributed by atoms with Crippen molar-refractivity contribution >= 4 is 45.6 Å². The summed E-state index contributed by atoms with van der Waals surface area (Å²) in [7, 11) is 9.22. The smallest absolute Gasteiger partial charge is 0.229 e. The lowest BCUT2D eigenvalue weighted by molar-refractivity contribution is 0.253. The predicted octanol–water partition coefficient (Wildman–Crippen LogP) is 4.14. The predicted molar refractivity (Wildman–Crippen MR) is 156 cm³/mol. The summed E-state index contributed by atoms with van der Waals surface area (Å²) in [5, 5.41) is 16.9. The second-order valence-corrected chi connectivity index (χ2v) is 9.49. The number of hydrogen-bond acceptors (Lipinski definition) is 10. The number of methoxy groups -OCH3 is 2. The van der Waals surface area contributed by atoms with Gasteiger partial charge in [0.2, 0.25) is 5.95 Å². The highest BCUT2D eigenvalue weighted by Gasteiger charge is 2.18. The Morgan fingerprint density at radius 1 is 1.10 bits per heavy atom. The van der Waals surface area contributed by atoms with Crippen molar-refractivity contribution in [3.8, 4) is 17.3 Å². The third kappa shape index (κ3) is 6.33. The summed E-state index contributed by atoms with van der Waals surface area (Å²) in [5.74, 6) is 2.00. The van der Waals surface area contributed by atoms with Crippen LogP contribution in [-0.2, 0) is 0 Å². The van der Waals surface area contributed by atoms with Gasteiger partial charge in [-0.15, -0.1) is 0 Å². The van der Waals surface area contributed by atoms with Crippen LogP contribution in [0, 0.1) is 0 Å². The van der Waals surface area contributed by atoms with E-state index < -0.39 is 6.23 Å². The lowest BCUT2D eigenvalue weighted by atomic mass is 10.2. The van der Waals surface area contributed by atoms with E-state index in [0.717, 1.165) is 29.8 Å². The SMILES string of the molecule is C=CC(O)Nc1cc(Nc2ncc(Cl)c(-n3cnc4ccc(OC)cc43)n2)c(OC)cc1N(C)CCN(C)C. The maximum absolute atomic E-state index is 10.3. The fourth-order valence-electron chi connectivity index (χ4n) is 3.95. The highest BCUT2D eigenvalue weighted by atomic mass is 35.5.